The highest BCUT2D eigenvalue weighted by Crippen LogP contribution is 2.31. The highest BCUT2D eigenvalue weighted by atomic mass is 16.2. The summed E-state index contributed by atoms with van der Waals surface area (Å²) in [5.41, 5.74) is 11.1. The molecule has 3 aliphatic rings. The van der Waals surface area contributed by atoms with E-state index >= 15 is 0 Å². The van der Waals surface area contributed by atoms with Gasteiger partial charge in [-0.3, -0.25) is 19.3 Å². The third kappa shape index (κ3) is 7.35. The third-order valence-electron chi connectivity index (χ3n) is 9.10. The molecule has 0 bridgehead atoms. The SMILES string of the molecule is Cc1ccc(CNC(=O)[C@@H](CCNC(=O)C2CC2)N2CCC(CCc3ccccc3)N3C[C@H](N)C[C@H]3C2=O)cc1C. The van der Waals surface area contributed by atoms with Crippen molar-refractivity contribution < 1.29 is 14.4 Å². The summed E-state index contributed by atoms with van der Waals surface area (Å²) in [5.74, 6) is -0.0324. The largest absolute Gasteiger partial charge is 0.356 e. The van der Waals surface area contributed by atoms with Gasteiger partial charge in [-0.05, 0) is 81.0 Å². The van der Waals surface area contributed by atoms with Crippen LogP contribution in [0.2, 0.25) is 0 Å². The van der Waals surface area contributed by atoms with E-state index in [-0.39, 0.29) is 41.8 Å². The Morgan fingerprint density at radius 3 is 2.51 bits per heavy atom. The number of benzene rings is 2. The molecule has 3 fully saturated rings. The Morgan fingerprint density at radius 2 is 1.78 bits per heavy atom. The van der Waals surface area contributed by atoms with Gasteiger partial charge in [-0.15, -0.1) is 0 Å². The van der Waals surface area contributed by atoms with Crippen LogP contribution in [0.25, 0.3) is 0 Å². The molecule has 3 amide bonds. The van der Waals surface area contributed by atoms with Gasteiger partial charge in [0.1, 0.15) is 6.04 Å². The Morgan fingerprint density at radius 1 is 1.00 bits per heavy atom. The topological polar surface area (TPSA) is 108 Å². The predicted octanol–water partition coefficient (Wildman–Crippen LogP) is 2.84. The van der Waals surface area contributed by atoms with Crippen molar-refractivity contribution in [3.63, 3.8) is 0 Å². The molecule has 8 heteroatoms. The molecule has 1 aliphatic carbocycles. The zero-order valence-corrected chi connectivity index (χ0v) is 24.5. The van der Waals surface area contributed by atoms with Crippen molar-refractivity contribution in [2.45, 2.75) is 89.5 Å². The second-order valence-corrected chi connectivity index (χ2v) is 12.2. The minimum Gasteiger partial charge on any atom is -0.356 e. The molecule has 2 heterocycles. The Bertz CT molecular complexity index is 1230. The molecule has 4 atom stereocenters. The second kappa shape index (κ2) is 13.2. The Hall–Kier alpha value is -3.23. The molecule has 41 heavy (non-hydrogen) atoms. The van der Waals surface area contributed by atoms with Gasteiger partial charge >= 0.3 is 0 Å². The quantitative estimate of drug-likeness (QED) is 0.393. The number of amides is 3. The van der Waals surface area contributed by atoms with Gasteiger partial charge in [0.15, 0.2) is 0 Å². The maximum Gasteiger partial charge on any atom is 0.243 e. The number of fused-ring (bicyclic) bond motifs is 1. The van der Waals surface area contributed by atoms with Gasteiger partial charge in [0.25, 0.3) is 0 Å². The van der Waals surface area contributed by atoms with Crippen molar-refractivity contribution >= 4 is 17.7 Å². The van der Waals surface area contributed by atoms with E-state index in [4.69, 9.17) is 5.73 Å². The fourth-order valence-electron chi connectivity index (χ4n) is 6.36. The van der Waals surface area contributed by atoms with Crippen molar-refractivity contribution in [1.29, 1.82) is 0 Å². The summed E-state index contributed by atoms with van der Waals surface area (Å²) in [6.45, 7) is 6.11. The number of nitrogens with zero attached hydrogens (tertiary/aromatic N) is 2. The van der Waals surface area contributed by atoms with Gasteiger partial charge in [-0.1, -0.05) is 48.5 Å². The van der Waals surface area contributed by atoms with Crippen LogP contribution < -0.4 is 16.4 Å². The second-order valence-electron chi connectivity index (χ2n) is 12.2. The van der Waals surface area contributed by atoms with Crippen molar-refractivity contribution in [3.8, 4) is 0 Å². The molecule has 220 valence electrons. The minimum atomic E-state index is -0.653. The lowest BCUT2D eigenvalue weighted by atomic mass is 10.0. The third-order valence-corrected chi connectivity index (χ3v) is 9.10. The summed E-state index contributed by atoms with van der Waals surface area (Å²) in [5, 5.41) is 6.10. The zero-order chi connectivity index (χ0) is 28.9. The summed E-state index contributed by atoms with van der Waals surface area (Å²) in [6, 6.07) is 15.8. The normalized spacial score (nSPS) is 23.5. The lowest BCUT2D eigenvalue weighted by Crippen LogP contribution is -2.54. The molecule has 2 saturated heterocycles. The minimum absolute atomic E-state index is 0.0139. The molecular formula is C33H45N5O3. The molecule has 4 N–H and O–H groups in total. The predicted molar refractivity (Wildman–Crippen MR) is 160 cm³/mol. The van der Waals surface area contributed by atoms with E-state index in [0.717, 1.165) is 37.7 Å². The van der Waals surface area contributed by atoms with Crippen molar-refractivity contribution in [2.24, 2.45) is 11.7 Å². The molecule has 2 aromatic carbocycles. The number of nitrogens with two attached hydrogens (primary N) is 1. The fourth-order valence-corrected chi connectivity index (χ4v) is 6.36. The van der Waals surface area contributed by atoms with Crippen LogP contribution in [-0.4, -0.2) is 71.3 Å². The Balaban J connectivity index is 1.31. The Kier molecular flexibility index (Phi) is 9.40. The molecule has 1 unspecified atom stereocenters. The Labute approximate surface area is 244 Å². The van der Waals surface area contributed by atoms with Gasteiger partial charge < -0.3 is 21.3 Å². The summed E-state index contributed by atoms with van der Waals surface area (Å²) >= 11 is 0. The standard InChI is InChI=1S/C33H45N5O3/c1-22-8-9-25(18-23(22)2)20-36-32(40)29(14-16-35-31(39)26-11-12-26)37-17-15-28(13-10-24-6-4-3-5-7-24)38-21-27(34)19-30(38)33(37)41/h3-9,18,26-30H,10-17,19-21,34H2,1-2H3,(H,35,39)(H,36,40)/t27-,28?,29-,30+/m1/s1. The first kappa shape index (κ1) is 29.3. The number of rotatable bonds is 11. The number of nitrogens with one attached hydrogen (secondary N) is 2. The van der Waals surface area contributed by atoms with Crippen LogP contribution in [0.5, 0.6) is 0 Å². The van der Waals surface area contributed by atoms with Crippen LogP contribution in [0.4, 0.5) is 0 Å². The molecule has 1 saturated carbocycles. The van der Waals surface area contributed by atoms with Crippen LogP contribution >= 0.6 is 0 Å². The molecule has 2 aromatic rings. The maximum absolute atomic E-state index is 14.1. The molecule has 8 nitrogen and oxygen atoms in total. The first-order valence-corrected chi connectivity index (χ1v) is 15.3. The molecule has 0 radical (unpaired) electrons. The van der Waals surface area contributed by atoms with Crippen LogP contribution in [0.15, 0.2) is 48.5 Å². The lowest BCUT2D eigenvalue weighted by molar-refractivity contribution is -0.143. The van der Waals surface area contributed by atoms with Gasteiger partial charge in [-0.25, -0.2) is 0 Å². The van der Waals surface area contributed by atoms with E-state index in [1.165, 1.54) is 16.7 Å². The summed E-state index contributed by atoms with van der Waals surface area (Å²) < 4.78 is 0. The zero-order valence-electron chi connectivity index (χ0n) is 24.5. The smallest absolute Gasteiger partial charge is 0.243 e. The first-order valence-electron chi connectivity index (χ1n) is 15.3. The summed E-state index contributed by atoms with van der Waals surface area (Å²) in [7, 11) is 0. The van der Waals surface area contributed by atoms with Gasteiger partial charge in [0.2, 0.25) is 17.7 Å². The highest BCUT2D eigenvalue weighted by molar-refractivity contribution is 5.90. The average molecular weight is 560 g/mol. The average Bonchev–Trinajstić information content (AvgIpc) is 3.77. The van der Waals surface area contributed by atoms with E-state index < -0.39 is 6.04 Å². The van der Waals surface area contributed by atoms with E-state index in [9.17, 15) is 14.4 Å². The first-order chi connectivity index (χ1) is 19.8. The lowest BCUT2D eigenvalue weighted by Gasteiger charge is -2.32. The molecule has 2 aliphatic heterocycles. The van der Waals surface area contributed by atoms with Gasteiger partial charge in [0.05, 0.1) is 6.04 Å². The van der Waals surface area contributed by atoms with Crippen LogP contribution in [-0.2, 0) is 27.3 Å². The van der Waals surface area contributed by atoms with Gasteiger partial charge in [0, 0.05) is 44.2 Å². The van der Waals surface area contributed by atoms with E-state index in [1.807, 2.05) is 12.1 Å². The molecule has 5 rings (SSSR count). The fraction of sp³-hybridized carbons (Fsp3) is 0.545. The number of hydrogen-bond acceptors (Lipinski definition) is 5. The van der Waals surface area contributed by atoms with Crippen molar-refractivity contribution in [2.75, 3.05) is 19.6 Å². The van der Waals surface area contributed by atoms with Crippen molar-refractivity contribution in [3.05, 3.63) is 70.8 Å². The number of carbonyl (C=O) groups is 3. The van der Waals surface area contributed by atoms with Gasteiger partial charge in [-0.2, -0.15) is 0 Å². The molecule has 0 spiro atoms. The highest BCUT2D eigenvalue weighted by Gasteiger charge is 2.45. The monoisotopic (exact) mass is 559 g/mol. The van der Waals surface area contributed by atoms with E-state index in [2.05, 4.69) is 65.8 Å². The van der Waals surface area contributed by atoms with Crippen LogP contribution in [0.1, 0.15) is 60.8 Å². The molecule has 0 aromatic heterocycles. The van der Waals surface area contributed by atoms with Crippen molar-refractivity contribution in [1.82, 2.24) is 20.4 Å². The van der Waals surface area contributed by atoms with Crippen LogP contribution in [0.3, 0.4) is 0 Å². The summed E-state index contributed by atoms with van der Waals surface area (Å²) in [4.78, 5) is 44.2. The van der Waals surface area contributed by atoms with Crippen LogP contribution in [0, 0.1) is 19.8 Å². The number of carbonyl (C=O) groups excluding carboxylic acids is 3. The van der Waals surface area contributed by atoms with E-state index in [1.54, 1.807) is 4.90 Å². The maximum atomic E-state index is 14.1. The van der Waals surface area contributed by atoms with E-state index in [0.29, 0.717) is 39.0 Å². The number of aryl methyl sites for hydroxylation is 3. The number of hydrogen-bond donors (Lipinski definition) is 3. The molecular weight excluding hydrogens is 514 g/mol. The summed E-state index contributed by atoms with van der Waals surface area (Å²) in [6.07, 6.45) is 5.51.